The van der Waals surface area contributed by atoms with Crippen LogP contribution < -0.4 is 5.73 Å². The van der Waals surface area contributed by atoms with Gasteiger partial charge in [-0.2, -0.15) is 0 Å². The van der Waals surface area contributed by atoms with Gasteiger partial charge in [0, 0.05) is 17.7 Å². The molecule has 2 aromatic rings. The minimum atomic E-state index is 0.420. The minimum Gasteiger partial charge on any atom is -0.324 e. The van der Waals surface area contributed by atoms with Crippen molar-refractivity contribution in [3.05, 3.63) is 21.9 Å². The molecule has 0 amide bonds. The molecule has 0 saturated carbocycles. The number of nitrogens with two attached hydrogens (primary N) is 1. The Morgan fingerprint density at radius 2 is 2.31 bits per heavy atom. The largest absolute Gasteiger partial charge is 0.324 e. The molecule has 2 rings (SSSR count). The Morgan fingerprint density at radius 3 is 2.88 bits per heavy atom. The molecule has 16 heavy (non-hydrogen) atoms. The summed E-state index contributed by atoms with van der Waals surface area (Å²) in [6.45, 7) is 2.44. The molecule has 2 aromatic heterocycles. The first-order chi connectivity index (χ1) is 7.72. The van der Waals surface area contributed by atoms with Gasteiger partial charge in [-0.15, -0.1) is 21.5 Å². The highest BCUT2D eigenvalue weighted by molar-refractivity contribution is 7.98. The van der Waals surface area contributed by atoms with Crippen LogP contribution in [0.5, 0.6) is 0 Å². The van der Waals surface area contributed by atoms with Crippen molar-refractivity contribution in [3.63, 3.8) is 0 Å². The summed E-state index contributed by atoms with van der Waals surface area (Å²) in [4.78, 5) is 5.49. The molecule has 86 valence electrons. The highest BCUT2D eigenvalue weighted by Gasteiger charge is 2.09. The van der Waals surface area contributed by atoms with Gasteiger partial charge < -0.3 is 10.3 Å². The Morgan fingerprint density at radius 1 is 1.50 bits per heavy atom. The molecule has 0 saturated heterocycles. The van der Waals surface area contributed by atoms with E-state index in [4.69, 9.17) is 5.73 Å². The van der Waals surface area contributed by atoms with E-state index in [1.54, 1.807) is 23.1 Å². The molecular weight excluding hydrogens is 242 g/mol. The number of aromatic nitrogens is 4. The van der Waals surface area contributed by atoms with Crippen molar-refractivity contribution < 1.29 is 0 Å². The average molecular weight is 255 g/mol. The quantitative estimate of drug-likeness (QED) is 0.835. The molecule has 0 fully saturated rings. The summed E-state index contributed by atoms with van der Waals surface area (Å²) in [5.41, 5.74) is 8.50. The zero-order chi connectivity index (χ0) is 11.5. The lowest BCUT2D eigenvalue weighted by Gasteiger charge is -2.01. The first-order valence-corrected chi connectivity index (χ1v) is 6.69. The lowest BCUT2D eigenvalue weighted by Crippen LogP contribution is -2.05. The van der Waals surface area contributed by atoms with E-state index >= 15 is 0 Å². The second-order valence-electron chi connectivity index (χ2n) is 3.31. The summed E-state index contributed by atoms with van der Waals surface area (Å²) >= 11 is 3.33. The van der Waals surface area contributed by atoms with Gasteiger partial charge in [-0.1, -0.05) is 11.8 Å². The Bertz CT molecular complexity index is 476. The van der Waals surface area contributed by atoms with Crippen LogP contribution in [-0.2, 0) is 19.3 Å². The van der Waals surface area contributed by atoms with Crippen LogP contribution in [0.2, 0.25) is 0 Å². The predicted molar refractivity (Wildman–Crippen MR) is 65.3 cm³/mol. The molecule has 2 N–H and O–H groups in total. The average Bonchev–Trinajstić information content (AvgIpc) is 2.83. The van der Waals surface area contributed by atoms with E-state index in [9.17, 15) is 0 Å². The Hall–Kier alpha value is -0.920. The lowest BCUT2D eigenvalue weighted by molar-refractivity contribution is 0.734. The van der Waals surface area contributed by atoms with Crippen molar-refractivity contribution in [2.24, 2.45) is 12.8 Å². The Kier molecular flexibility index (Phi) is 3.57. The third kappa shape index (κ3) is 2.26. The highest BCUT2D eigenvalue weighted by atomic mass is 32.2. The maximum absolute atomic E-state index is 5.54. The van der Waals surface area contributed by atoms with Gasteiger partial charge in [0.2, 0.25) is 0 Å². The topological polar surface area (TPSA) is 69.6 Å². The summed E-state index contributed by atoms with van der Waals surface area (Å²) in [6.07, 6.45) is 0. The second-order valence-corrected chi connectivity index (χ2v) is 5.19. The lowest BCUT2D eigenvalue weighted by atomic mass is 10.4. The van der Waals surface area contributed by atoms with Crippen molar-refractivity contribution in [3.8, 4) is 0 Å². The minimum absolute atomic E-state index is 0.420. The summed E-state index contributed by atoms with van der Waals surface area (Å²) < 4.78 is 1.93. The van der Waals surface area contributed by atoms with E-state index in [2.05, 4.69) is 15.2 Å². The SMILES string of the molecule is Cc1ncsc1CSc1nnc(CN)n1C. The van der Waals surface area contributed by atoms with Gasteiger partial charge in [0.1, 0.15) is 5.82 Å². The van der Waals surface area contributed by atoms with Crippen molar-refractivity contribution in [1.29, 1.82) is 0 Å². The molecule has 0 aromatic carbocycles. The van der Waals surface area contributed by atoms with Crippen LogP contribution in [-0.4, -0.2) is 19.7 Å². The number of aryl methyl sites for hydroxylation is 1. The number of hydrogen-bond acceptors (Lipinski definition) is 6. The highest BCUT2D eigenvalue weighted by Crippen LogP contribution is 2.24. The molecule has 0 bridgehead atoms. The number of nitrogens with zero attached hydrogens (tertiary/aromatic N) is 4. The van der Waals surface area contributed by atoms with Crippen molar-refractivity contribution in [1.82, 2.24) is 19.7 Å². The van der Waals surface area contributed by atoms with Gasteiger partial charge in [-0.25, -0.2) is 4.98 Å². The summed E-state index contributed by atoms with van der Waals surface area (Å²) in [5, 5.41) is 9.00. The monoisotopic (exact) mass is 255 g/mol. The van der Waals surface area contributed by atoms with E-state index in [0.29, 0.717) is 6.54 Å². The Balaban J connectivity index is 2.05. The third-order valence-corrected chi connectivity index (χ3v) is 4.45. The first kappa shape index (κ1) is 11.6. The molecular formula is C9H13N5S2. The van der Waals surface area contributed by atoms with Gasteiger partial charge in [0.25, 0.3) is 0 Å². The fourth-order valence-electron chi connectivity index (χ4n) is 1.24. The van der Waals surface area contributed by atoms with Gasteiger partial charge >= 0.3 is 0 Å². The van der Waals surface area contributed by atoms with Crippen LogP contribution >= 0.6 is 23.1 Å². The molecule has 5 nitrogen and oxygen atoms in total. The van der Waals surface area contributed by atoms with Crippen LogP contribution in [0.4, 0.5) is 0 Å². The summed E-state index contributed by atoms with van der Waals surface area (Å²) in [5.74, 6) is 1.69. The molecule has 0 radical (unpaired) electrons. The predicted octanol–water partition coefficient (Wildman–Crippen LogP) is 1.33. The van der Waals surface area contributed by atoms with Gasteiger partial charge in [-0.3, -0.25) is 0 Å². The van der Waals surface area contributed by atoms with Gasteiger partial charge in [0.05, 0.1) is 17.7 Å². The molecule has 0 unspecified atom stereocenters. The van der Waals surface area contributed by atoms with E-state index in [0.717, 1.165) is 22.4 Å². The van der Waals surface area contributed by atoms with Crippen LogP contribution in [0, 0.1) is 6.92 Å². The normalized spacial score (nSPS) is 10.9. The van der Waals surface area contributed by atoms with E-state index in [-0.39, 0.29) is 0 Å². The molecule has 0 aliphatic heterocycles. The summed E-state index contributed by atoms with van der Waals surface area (Å²) in [7, 11) is 1.93. The van der Waals surface area contributed by atoms with Crippen molar-refractivity contribution >= 4 is 23.1 Å². The molecule has 2 heterocycles. The zero-order valence-electron chi connectivity index (χ0n) is 9.17. The van der Waals surface area contributed by atoms with Gasteiger partial charge in [0.15, 0.2) is 5.16 Å². The zero-order valence-corrected chi connectivity index (χ0v) is 10.8. The van der Waals surface area contributed by atoms with Crippen molar-refractivity contribution in [2.75, 3.05) is 0 Å². The van der Waals surface area contributed by atoms with Crippen molar-refractivity contribution in [2.45, 2.75) is 24.4 Å². The number of thiazole rings is 1. The van der Waals surface area contributed by atoms with Gasteiger partial charge in [-0.05, 0) is 6.92 Å². The van der Waals surface area contributed by atoms with E-state index in [1.165, 1.54) is 4.88 Å². The van der Waals surface area contributed by atoms with E-state index < -0.39 is 0 Å². The Labute approximate surface area is 102 Å². The van der Waals surface area contributed by atoms with Crippen LogP contribution in [0.25, 0.3) is 0 Å². The molecule has 7 heteroatoms. The summed E-state index contributed by atoms with van der Waals surface area (Å²) in [6, 6.07) is 0. The first-order valence-electron chi connectivity index (χ1n) is 4.82. The number of thioether (sulfide) groups is 1. The smallest absolute Gasteiger partial charge is 0.191 e. The number of hydrogen-bond donors (Lipinski definition) is 1. The molecule has 0 aliphatic rings. The van der Waals surface area contributed by atoms with Crippen LogP contribution in [0.3, 0.4) is 0 Å². The molecule has 0 atom stereocenters. The fourth-order valence-corrected chi connectivity index (χ4v) is 3.12. The maximum atomic E-state index is 5.54. The molecule has 0 spiro atoms. The standard InChI is InChI=1S/C9H13N5S2/c1-6-7(16-5-11-6)4-15-9-13-12-8(3-10)14(9)2/h5H,3-4,10H2,1-2H3. The third-order valence-electron chi connectivity index (χ3n) is 2.28. The maximum Gasteiger partial charge on any atom is 0.191 e. The molecule has 0 aliphatic carbocycles. The fraction of sp³-hybridized carbons (Fsp3) is 0.444. The number of rotatable bonds is 4. The van der Waals surface area contributed by atoms with Crippen LogP contribution in [0.1, 0.15) is 16.4 Å². The van der Waals surface area contributed by atoms with E-state index in [1.807, 2.05) is 24.0 Å². The second kappa shape index (κ2) is 4.94. The van der Waals surface area contributed by atoms with Crippen LogP contribution in [0.15, 0.2) is 10.7 Å².